The largest absolute Gasteiger partial charge is 0.481 e. The SMILES string of the molecule is CC1C=CCC(C(=O)O)C1C(=O)Nc1ccc(F)cc1F. The molecule has 1 aliphatic carbocycles. The predicted octanol–water partition coefficient (Wildman–Crippen LogP) is 2.82. The van der Waals surface area contributed by atoms with Gasteiger partial charge in [0.2, 0.25) is 5.91 Å². The summed E-state index contributed by atoms with van der Waals surface area (Å²) in [6.45, 7) is 1.73. The van der Waals surface area contributed by atoms with Crippen molar-refractivity contribution in [1.82, 2.24) is 0 Å². The normalized spacial score (nSPS) is 24.6. The molecule has 0 fully saturated rings. The molecule has 3 unspecified atom stereocenters. The van der Waals surface area contributed by atoms with Crippen LogP contribution in [0.5, 0.6) is 0 Å². The number of nitrogens with one attached hydrogen (secondary N) is 1. The number of carboxylic acids is 1. The third-order valence-corrected chi connectivity index (χ3v) is 3.64. The molecule has 0 spiro atoms. The van der Waals surface area contributed by atoms with Gasteiger partial charge in [0.15, 0.2) is 0 Å². The maximum absolute atomic E-state index is 13.5. The average Bonchev–Trinajstić information content (AvgIpc) is 2.41. The van der Waals surface area contributed by atoms with Crippen molar-refractivity contribution < 1.29 is 23.5 Å². The summed E-state index contributed by atoms with van der Waals surface area (Å²) in [7, 11) is 0. The highest BCUT2D eigenvalue weighted by atomic mass is 19.1. The summed E-state index contributed by atoms with van der Waals surface area (Å²) in [5.74, 6) is -5.21. The summed E-state index contributed by atoms with van der Waals surface area (Å²) in [5, 5.41) is 11.5. The van der Waals surface area contributed by atoms with Gasteiger partial charge in [0, 0.05) is 6.07 Å². The summed E-state index contributed by atoms with van der Waals surface area (Å²) >= 11 is 0. The van der Waals surface area contributed by atoms with Crippen LogP contribution in [0.4, 0.5) is 14.5 Å². The number of rotatable bonds is 3. The van der Waals surface area contributed by atoms with Crippen LogP contribution in [0.3, 0.4) is 0 Å². The number of benzene rings is 1. The molecule has 21 heavy (non-hydrogen) atoms. The number of carboxylic acid groups (broad SMARTS) is 1. The highest BCUT2D eigenvalue weighted by Crippen LogP contribution is 2.32. The number of halogens is 2. The van der Waals surface area contributed by atoms with Crippen molar-refractivity contribution in [2.45, 2.75) is 13.3 Å². The summed E-state index contributed by atoms with van der Waals surface area (Å²) in [6, 6.07) is 2.80. The number of anilines is 1. The van der Waals surface area contributed by atoms with Crippen molar-refractivity contribution in [1.29, 1.82) is 0 Å². The second-order valence-electron chi connectivity index (χ2n) is 5.11. The maximum atomic E-state index is 13.5. The van der Waals surface area contributed by atoms with Crippen molar-refractivity contribution >= 4 is 17.6 Å². The minimum atomic E-state index is -1.06. The smallest absolute Gasteiger partial charge is 0.307 e. The van der Waals surface area contributed by atoms with E-state index in [0.29, 0.717) is 6.07 Å². The second kappa shape index (κ2) is 6.03. The van der Waals surface area contributed by atoms with E-state index < -0.39 is 35.3 Å². The Balaban J connectivity index is 2.21. The van der Waals surface area contributed by atoms with E-state index in [0.717, 1.165) is 12.1 Å². The Morgan fingerprint density at radius 3 is 2.67 bits per heavy atom. The van der Waals surface area contributed by atoms with Crippen LogP contribution in [0.2, 0.25) is 0 Å². The molecular formula is C15H15F2NO3. The Kier molecular flexibility index (Phi) is 4.35. The number of amides is 1. The number of hydrogen-bond acceptors (Lipinski definition) is 2. The molecule has 1 aromatic rings. The molecule has 3 atom stereocenters. The van der Waals surface area contributed by atoms with E-state index >= 15 is 0 Å². The number of carbonyl (C=O) groups excluding carboxylic acids is 1. The van der Waals surface area contributed by atoms with E-state index in [1.807, 2.05) is 0 Å². The van der Waals surface area contributed by atoms with Gasteiger partial charge in [0.1, 0.15) is 11.6 Å². The first-order valence-electron chi connectivity index (χ1n) is 6.55. The van der Waals surface area contributed by atoms with Crippen molar-refractivity contribution in [2.75, 3.05) is 5.32 Å². The fourth-order valence-electron chi connectivity index (χ4n) is 2.56. The molecular weight excluding hydrogens is 280 g/mol. The van der Waals surface area contributed by atoms with Crippen LogP contribution >= 0.6 is 0 Å². The minimum Gasteiger partial charge on any atom is -0.481 e. The number of aliphatic carboxylic acids is 1. The van der Waals surface area contributed by atoms with Gasteiger partial charge in [0.05, 0.1) is 17.5 Å². The van der Waals surface area contributed by atoms with Crippen LogP contribution in [0, 0.1) is 29.4 Å². The van der Waals surface area contributed by atoms with Crippen LogP contribution in [-0.4, -0.2) is 17.0 Å². The van der Waals surface area contributed by atoms with E-state index in [1.165, 1.54) is 0 Å². The van der Waals surface area contributed by atoms with Crippen molar-refractivity contribution in [2.24, 2.45) is 17.8 Å². The van der Waals surface area contributed by atoms with Gasteiger partial charge in [-0.15, -0.1) is 0 Å². The lowest BCUT2D eigenvalue weighted by molar-refractivity contribution is -0.147. The Morgan fingerprint density at radius 1 is 1.33 bits per heavy atom. The first-order valence-corrected chi connectivity index (χ1v) is 6.55. The van der Waals surface area contributed by atoms with Gasteiger partial charge in [-0.3, -0.25) is 9.59 Å². The third-order valence-electron chi connectivity index (χ3n) is 3.64. The van der Waals surface area contributed by atoms with Crippen molar-refractivity contribution in [3.8, 4) is 0 Å². The molecule has 0 heterocycles. The molecule has 112 valence electrons. The zero-order valence-electron chi connectivity index (χ0n) is 11.3. The topological polar surface area (TPSA) is 66.4 Å². The van der Waals surface area contributed by atoms with Gasteiger partial charge in [0.25, 0.3) is 0 Å². The fraction of sp³-hybridized carbons (Fsp3) is 0.333. The Morgan fingerprint density at radius 2 is 2.05 bits per heavy atom. The molecule has 6 heteroatoms. The van der Waals surface area contributed by atoms with Crippen LogP contribution in [0.1, 0.15) is 13.3 Å². The molecule has 2 N–H and O–H groups in total. The van der Waals surface area contributed by atoms with E-state index in [2.05, 4.69) is 5.32 Å². The lowest BCUT2D eigenvalue weighted by Gasteiger charge is -2.29. The molecule has 0 radical (unpaired) electrons. The molecule has 4 nitrogen and oxygen atoms in total. The van der Waals surface area contributed by atoms with Gasteiger partial charge in [-0.1, -0.05) is 19.1 Å². The fourth-order valence-corrected chi connectivity index (χ4v) is 2.56. The quantitative estimate of drug-likeness (QED) is 0.843. The molecule has 1 amide bonds. The highest BCUT2D eigenvalue weighted by molar-refractivity contribution is 5.95. The van der Waals surface area contributed by atoms with Crippen LogP contribution in [0.25, 0.3) is 0 Å². The summed E-state index contributed by atoms with van der Waals surface area (Å²) in [4.78, 5) is 23.5. The Labute approximate surface area is 120 Å². The maximum Gasteiger partial charge on any atom is 0.307 e. The predicted molar refractivity (Wildman–Crippen MR) is 72.5 cm³/mol. The summed E-state index contributed by atoms with van der Waals surface area (Å²) in [5.41, 5.74) is -0.160. The van der Waals surface area contributed by atoms with Gasteiger partial charge >= 0.3 is 5.97 Å². The van der Waals surface area contributed by atoms with Crippen molar-refractivity contribution in [3.63, 3.8) is 0 Å². The zero-order chi connectivity index (χ0) is 15.6. The van der Waals surface area contributed by atoms with Gasteiger partial charge in [-0.2, -0.15) is 0 Å². The summed E-state index contributed by atoms with van der Waals surface area (Å²) in [6.07, 6.45) is 3.75. The monoisotopic (exact) mass is 295 g/mol. The lowest BCUT2D eigenvalue weighted by atomic mass is 9.76. The van der Waals surface area contributed by atoms with Crippen molar-refractivity contribution in [3.05, 3.63) is 42.0 Å². The molecule has 1 aliphatic rings. The number of carbonyl (C=O) groups is 2. The molecule has 2 rings (SSSR count). The molecule has 0 saturated carbocycles. The molecule has 0 aliphatic heterocycles. The molecule has 0 bridgehead atoms. The lowest BCUT2D eigenvalue weighted by Crippen LogP contribution is -2.39. The van der Waals surface area contributed by atoms with Gasteiger partial charge < -0.3 is 10.4 Å². The third kappa shape index (κ3) is 3.26. The van der Waals surface area contributed by atoms with E-state index in [-0.39, 0.29) is 18.0 Å². The minimum absolute atomic E-state index is 0.160. The molecule has 1 aromatic carbocycles. The van der Waals surface area contributed by atoms with Gasteiger partial charge in [-0.25, -0.2) is 8.78 Å². The van der Waals surface area contributed by atoms with E-state index in [9.17, 15) is 23.5 Å². The van der Waals surface area contributed by atoms with E-state index in [1.54, 1.807) is 19.1 Å². The second-order valence-corrected chi connectivity index (χ2v) is 5.11. The first kappa shape index (κ1) is 15.2. The molecule has 0 aromatic heterocycles. The number of allylic oxidation sites excluding steroid dienone is 2. The van der Waals surface area contributed by atoms with E-state index in [4.69, 9.17) is 0 Å². The molecule has 0 saturated heterocycles. The average molecular weight is 295 g/mol. The standard InChI is InChI=1S/C15H15F2NO3/c1-8-3-2-4-10(15(20)21)13(8)14(19)18-12-6-5-9(16)7-11(12)17/h2-3,5-8,10,13H,4H2,1H3,(H,18,19)(H,20,21). The van der Waals surface area contributed by atoms with Gasteiger partial charge in [-0.05, 0) is 24.5 Å². The Hall–Kier alpha value is -2.24. The highest BCUT2D eigenvalue weighted by Gasteiger charge is 2.38. The first-order chi connectivity index (χ1) is 9.90. The number of hydrogen-bond donors (Lipinski definition) is 2. The zero-order valence-corrected chi connectivity index (χ0v) is 11.3. The van der Waals surface area contributed by atoms with Crippen LogP contribution in [0.15, 0.2) is 30.4 Å². The summed E-state index contributed by atoms with van der Waals surface area (Å²) < 4.78 is 26.4. The van der Waals surface area contributed by atoms with Crippen LogP contribution in [-0.2, 0) is 9.59 Å². The van der Waals surface area contributed by atoms with Crippen LogP contribution < -0.4 is 5.32 Å². The Bertz CT molecular complexity index is 601.